The first kappa shape index (κ1) is 18.3. The number of ether oxygens (including phenoxy) is 4. The summed E-state index contributed by atoms with van der Waals surface area (Å²) in [6, 6.07) is 12.4. The Morgan fingerprint density at radius 1 is 1.08 bits per heavy atom. The zero-order valence-electron chi connectivity index (χ0n) is 14.6. The summed E-state index contributed by atoms with van der Waals surface area (Å²) in [5.74, 6) is 0.792. The maximum absolute atomic E-state index is 11.4. The molecule has 2 aromatic rings. The maximum atomic E-state index is 11.4. The molecule has 0 radical (unpaired) electrons. The van der Waals surface area contributed by atoms with Gasteiger partial charge >= 0.3 is 6.16 Å². The molecular formula is C18H24O5Si. The molecule has 0 heterocycles. The van der Waals surface area contributed by atoms with E-state index in [0.717, 1.165) is 16.8 Å². The molecule has 0 atom stereocenters. The predicted molar refractivity (Wildman–Crippen MR) is 96.6 cm³/mol. The van der Waals surface area contributed by atoms with Crippen LogP contribution in [0.25, 0.3) is 10.8 Å². The van der Waals surface area contributed by atoms with Crippen LogP contribution >= 0.6 is 0 Å². The molecule has 0 saturated carbocycles. The summed E-state index contributed by atoms with van der Waals surface area (Å²) >= 11 is 0. The van der Waals surface area contributed by atoms with Crippen LogP contribution in [0, 0.1) is 0 Å². The van der Waals surface area contributed by atoms with Gasteiger partial charge in [0.2, 0.25) is 0 Å². The van der Waals surface area contributed by atoms with Crippen molar-refractivity contribution in [2.24, 2.45) is 0 Å². The van der Waals surface area contributed by atoms with Gasteiger partial charge in [-0.25, -0.2) is 4.79 Å². The van der Waals surface area contributed by atoms with Crippen LogP contribution in [-0.4, -0.2) is 34.7 Å². The van der Waals surface area contributed by atoms with E-state index in [1.54, 1.807) is 6.07 Å². The monoisotopic (exact) mass is 348 g/mol. The van der Waals surface area contributed by atoms with Crippen molar-refractivity contribution in [3.63, 3.8) is 0 Å². The van der Waals surface area contributed by atoms with Crippen LogP contribution in [0.1, 0.15) is 0 Å². The van der Waals surface area contributed by atoms with E-state index in [1.807, 2.05) is 30.3 Å². The van der Waals surface area contributed by atoms with Crippen LogP contribution in [0.2, 0.25) is 25.7 Å². The molecule has 0 aromatic heterocycles. The molecule has 6 heteroatoms. The van der Waals surface area contributed by atoms with Crippen molar-refractivity contribution in [3.8, 4) is 11.5 Å². The maximum Gasteiger partial charge on any atom is 0.513 e. The van der Waals surface area contributed by atoms with E-state index in [-0.39, 0.29) is 6.79 Å². The van der Waals surface area contributed by atoms with Crippen molar-refractivity contribution in [2.45, 2.75) is 25.7 Å². The zero-order chi connectivity index (χ0) is 17.6. The molecule has 0 fully saturated rings. The number of carbonyl (C=O) groups excluding carboxylic acids is 1. The van der Waals surface area contributed by atoms with E-state index in [1.165, 1.54) is 7.11 Å². The van der Waals surface area contributed by atoms with Crippen molar-refractivity contribution >= 4 is 25.0 Å². The van der Waals surface area contributed by atoms with Gasteiger partial charge in [0.1, 0.15) is 0 Å². The van der Waals surface area contributed by atoms with Crippen molar-refractivity contribution in [2.75, 3.05) is 20.5 Å². The van der Waals surface area contributed by atoms with E-state index < -0.39 is 14.2 Å². The molecule has 0 aliphatic carbocycles. The van der Waals surface area contributed by atoms with E-state index >= 15 is 0 Å². The van der Waals surface area contributed by atoms with Gasteiger partial charge in [-0.3, -0.25) is 0 Å². The molecule has 5 nitrogen and oxygen atoms in total. The molecule has 2 rings (SSSR count). The van der Waals surface area contributed by atoms with E-state index in [9.17, 15) is 4.79 Å². The lowest BCUT2D eigenvalue weighted by Crippen LogP contribution is -2.22. The lowest BCUT2D eigenvalue weighted by molar-refractivity contribution is 0.0210. The zero-order valence-corrected chi connectivity index (χ0v) is 15.6. The fourth-order valence-corrected chi connectivity index (χ4v) is 2.88. The van der Waals surface area contributed by atoms with Crippen molar-refractivity contribution in [1.82, 2.24) is 0 Å². The molecular weight excluding hydrogens is 324 g/mol. The number of benzene rings is 2. The van der Waals surface area contributed by atoms with Gasteiger partial charge in [-0.15, -0.1) is 0 Å². The predicted octanol–water partition coefficient (Wildman–Crippen LogP) is 4.68. The molecule has 24 heavy (non-hydrogen) atoms. The molecule has 0 saturated heterocycles. The molecule has 130 valence electrons. The van der Waals surface area contributed by atoms with Crippen LogP contribution in [-0.2, 0) is 9.47 Å². The Bertz CT molecular complexity index is 693. The van der Waals surface area contributed by atoms with Gasteiger partial charge in [0, 0.05) is 20.1 Å². The molecule has 0 unspecified atom stereocenters. The minimum atomic E-state index is -1.13. The third kappa shape index (κ3) is 5.25. The first-order valence-electron chi connectivity index (χ1n) is 7.89. The first-order chi connectivity index (χ1) is 11.4. The summed E-state index contributed by atoms with van der Waals surface area (Å²) in [6.45, 7) is 7.66. The minimum Gasteiger partial charge on any atom is -0.463 e. The van der Waals surface area contributed by atoms with E-state index in [2.05, 4.69) is 24.4 Å². The standard InChI is InChI=1S/C18H24O5Si/c1-20-18(19)23-16-10-9-14-7-5-6-8-15(14)17(16)22-13-21-11-12-24(2,3)4/h5-10H,11-13H2,1-4H3. The van der Waals surface area contributed by atoms with Crippen molar-refractivity contribution < 1.29 is 23.7 Å². The summed E-state index contributed by atoms with van der Waals surface area (Å²) in [5, 5.41) is 1.85. The highest BCUT2D eigenvalue weighted by Gasteiger charge is 2.15. The summed E-state index contributed by atoms with van der Waals surface area (Å²) in [5.41, 5.74) is 0. The Morgan fingerprint density at radius 2 is 1.83 bits per heavy atom. The van der Waals surface area contributed by atoms with Gasteiger partial charge in [-0.1, -0.05) is 50.0 Å². The third-order valence-electron chi connectivity index (χ3n) is 3.49. The number of fused-ring (bicyclic) bond motifs is 1. The lowest BCUT2D eigenvalue weighted by Gasteiger charge is -2.17. The average molecular weight is 348 g/mol. The first-order valence-corrected chi connectivity index (χ1v) is 11.6. The molecule has 2 aromatic carbocycles. The quantitative estimate of drug-likeness (QED) is 0.239. The number of hydrogen-bond acceptors (Lipinski definition) is 5. The minimum absolute atomic E-state index is 0.107. The number of rotatable bonds is 7. The molecule has 0 N–H and O–H groups in total. The second-order valence-corrected chi connectivity index (χ2v) is 12.3. The fraction of sp³-hybridized carbons (Fsp3) is 0.389. The van der Waals surface area contributed by atoms with Crippen LogP contribution in [0.3, 0.4) is 0 Å². The van der Waals surface area contributed by atoms with Gasteiger partial charge in [0.25, 0.3) is 0 Å². The fourth-order valence-electron chi connectivity index (χ4n) is 2.12. The van der Waals surface area contributed by atoms with Crippen molar-refractivity contribution in [3.05, 3.63) is 36.4 Å². The summed E-state index contributed by atoms with van der Waals surface area (Å²) < 4.78 is 21.1. The van der Waals surface area contributed by atoms with Gasteiger partial charge in [0.15, 0.2) is 18.3 Å². The topological polar surface area (TPSA) is 54.0 Å². The van der Waals surface area contributed by atoms with Crippen LogP contribution in [0.5, 0.6) is 11.5 Å². The highest BCUT2D eigenvalue weighted by atomic mass is 28.3. The van der Waals surface area contributed by atoms with Gasteiger partial charge in [-0.2, -0.15) is 0 Å². The Hall–Kier alpha value is -2.05. The third-order valence-corrected chi connectivity index (χ3v) is 5.19. The lowest BCUT2D eigenvalue weighted by atomic mass is 10.1. The Kier molecular flexibility index (Phi) is 6.22. The molecule has 0 aliphatic heterocycles. The largest absolute Gasteiger partial charge is 0.513 e. The number of carbonyl (C=O) groups is 1. The summed E-state index contributed by atoms with van der Waals surface area (Å²) in [7, 11) is 0.133. The molecule has 0 amide bonds. The smallest absolute Gasteiger partial charge is 0.463 e. The normalized spacial score (nSPS) is 11.3. The van der Waals surface area contributed by atoms with Gasteiger partial charge < -0.3 is 18.9 Å². The Balaban J connectivity index is 2.12. The molecule has 0 aliphatic rings. The molecule has 0 spiro atoms. The Morgan fingerprint density at radius 3 is 2.54 bits per heavy atom. The summed E-state index contributed by atoms with van der Waals surface area (Å²) in [6.07, 6.45) is -0.783. The second-order valence-electron chi connectivity index (χ2n) is 6.65. The average Bonchev–Trinajstić information content (AvgIpc) is 2.54. The van der Waals surface area contributed by atoms with Crippen molar-refractivity contribution in [1.29, 1.82) is 0 Å². The summed E-state index contributed by atoms with van der Waals surface area (Å²) in [4.78, 5) is 11.4. The highest BCUT2D eigenvalue weighted by Crippen LogP contribution is 2.36. The van der Waals surface area contributed by atoms with Gasteiger partial charge in [0.05, 0.1) is 7.11 Å². The molecule has 0 bridgehead atoms. The van der Waals surface area contributed by atoms with E-state index in [0.29, 0.717) is 18.1 Å². The SMILES string of the molecule is COC(=O)Oc1ccc2ccccc2c1OCOCC[Si](C)(C)C. The Labute approximate surface area is 143 Å². The van der Waals surface area contributed by atoms with Crippen LogP contribution < -0.4 is 9.47 Å². The van der Waals surface area contributed by atoms with Crippen LogP contribution in [0.15, 0.2) is 36.4 Å². The van der Waals surface area contributed by atoms with Gasteiger partial charge in [-0.05, 0) is 17.5 Å². The second kappa shape index (κ2) is 8.17. The van der Waals surface area contributed by atoms with Crippen LogP contribution in [0.4, 0.5) is 4.79 Å². The number of hydrogen-bond donors (Lipinski definition) is 0. The highest BCUT2D eigenvalue weighted by molar-refractivity contribution is 6.76. The van der Waals surface area contributed by atoms with E-state index in [4.69, 9.17) is 14.2 Å². The number of methoxy groups -OCH3 is 1.